The monoisotopic (exact) mass is 152 g/mol. The van der Waals surface area contributed by atoms with E-state index in [1.807, 2.05) is 61.3 Å². The number of rotatable bonds is 5. The summed E-state index contributed by atoms with van der Waals surface area (Å²) < 4.78 is 0. The zero-order valence-corrected chi connectivity index (χ0v) is 8.48. The van der Waals surface area contributed by atoms with Crippen LogP contribution in [0.1, 0.15) is 6.92 Å². The molecule has 0 nitrogen and oxygen atoms in total. The Labute approximate surface area is 88.3 Å². The summed E-state index contributed by atoms with van der Waals surface area (Å²) in [5.41, 5.74) is 0. The second-order valence-corrected chi connectivity index (χ2v) is 2.52. The Morgan fingerprint density at radius 3 is 1.69 bits per heavy atom. The Hall–Kier alpha value is 0.714. The summed E-state index contributed by atoms with van der Waals surface area (Å²) in [5, 5.41) is 0. The predicted octanol–water partition coefficient (Wildman–Crippen LogP) is -3.75. The van der Waals surface area contributed by atoms with Crippen molar-refractivity contribution in [1.82, 2.24) is 0 Å². The minimum atomic E-state index is 1.09. The summed E-state index contributed by atoms with van der Waals surface area (Å²) in [6.45, 7) is 22.4. The second-order valence-electron chi connectivity index (χ2n) is 2.52. The van der Waals surface area contributed by atoms with Crippen LogP contribution in [0.5, 0.6) is 0 Å². The number of hydrogen-bond acceptors (Lipinski definition) is 0. The first-order chi connectivity index (χ1) is 6.41. The van der Waals surface area contributed by atoms with E-state index in [0.29, 0.717) is 0 Å². The van der Waals surface area contributed by atoms with E-state index < -0.39 is 0 Å². The maximum atomic E-state index is 2.12. The van der Waals surface area contributed by atoms with E-state index in [2.05, 4.69) is 20.4 Å². The first-order valence-electron chi connectivity index (χ1n) is 4.69. The minimum absolute atomic E-state index is 1.09. The van der Waals surface area contributed by atoms with Gasteiger partial charge in [0.15, 0.2) is 0 Å². The number of hydrogen-bond donors (Lipinski definition) is 0. The molecule has 0 aromatic carbocycles. The van der Waals surface area contributed by atoms with Crippen LogP contribution < -0.4 is 0 Å². The third-order valence-electron chi connectivity index (χ3n) is 1.34. The van der Waals surface area contributed by atoms with Crippen molar-refractivity contribution < 1.29 is 0 Å². The van der Waals surface area contributed by atoms with E-state index in [1.54, 1.807) is 0 Å². The molecule has 0 amide bonds. The van der Waals surface area contributed by atoms with Crippen molar-refractivity contribution in [2.24, 2.45) is 0 Å². The zero-order valence-electron chi connectivity index (χ0n) is 8.48. The molecule has 13 heavy (non-hydrogen) atoms. The molecule has 48 valence electrons. The van der Waals surface area contributed by atoms with Crippen molar-refractivity contribution in [1.29, 1.82) is 0 Å². The molecule has 0 radical (unpaired) electrons. The van der Waals surface area contributed by atoms with Gasteiger partial charge < -0.3 is 0 Å². The zero-order chi connectivity index (χ0) is 9.78. The SMILES string of the molecule is BB=BB=BB=BB=BB=BCC. The van der Waals surface area contributed by atoms with E-state index in [4.69, 9.17) is 0 Å². The van der Waals surface area contributed by atoms with Gasteiger partial charge in [0.2, 0.25) is 0 Å². The Morgan fingerprint density at radius 1 is 0.769 bits per heavy atom. The third kappa shape index (κ3) is 12.7. The Kier molecular flexibility index (Phi) is 13.4. The van der Waals surface area contributed by atoms with Gasteiger partial charge in [0.1, 0.15) is 0 Å². The average Bonchev–Trinajstić information content (AvgIpc) is 2.16. The summed E-state index contributed by atoms with van der Waals surface area (Å²) in [7, 11) is 2.00. The van der Waals surface area contributed by atoms with Crippen molar-refractivity contribution >= 4 is 74.8 Å². The summed E-state index contributed by atoms with van der Waals surface area (Å²) >= 11 is 0. The van der Waals surface area contributed by atoms with Gasteiger partial charge in [-0.2, -0.15) is 0 Å². The fourth-order valence-electron chi connectivity index (χ4n) is 0.711. The van der Waals surface area contributed by atoms with E-state index in [1.165, 1.54) is 0 Å². The summed E-state index contributed by atoms with van der Waals surface area (Å²) in [6.07, 6.45) is 1.09. The molecule has 0 unspecified atom stereocenters. The predicted molar refractivity (Wildman–Crippen MR) is 76.6 cm³/mol. The van der Waals surface area contributed by atoms with E-state index in [-0.39, 0.29) is 0 Å². The normalized spacial score (nSPS) is 7.46. The van der Waals surface area contributed by atoms with Gasteiger partial charge in [0.25, 0.3) is 0 Å². The topological polar surface area (TPSA) is 0 Å². The van der Waals surface area contributed by atoms with Crippen LogP contribution in [-0.2, 0) is 0 Å². The molecule has 0 heterocycles. The summed E-state index contributed by atoms with van der Waals surface area (Å²) in [4.78, 5) is 0. The Bertz CT molecular complexity index is 232. The van der Waals surface area contributed by atoms with Crippen molar-refractivity contribution in [3.63, 3.8) is 0 Å². The van der Waals surface area contributed by atoms with Gasteiger partial charge in [-0.25, -0.2) is 0 Å². The molecular formula is C2H7B11. The second kappa shape index (κ2) is 12.7. The molecule has 0 spiro atoms. The van der Waals surface area contributed by atoms with Gasteiger partial charge >= 0.3 is 88.0 Å². The summed E-state index contributed by atoms with van der Waals surface area (Å²) in [6, 6.07) is 0. The molecule has 11 heteroatoms. The first-order valence-corrected chi connectivity index (χ1v) is 4.69. The van der Waals surface area contributed by atoms with Crippen molar-refractivity contribution in [2.75, 3.05) is 0 Å². The standard InChI is InChI=1S/C2H7B11/c1-2-4-6-8-10-12-13-11-9-7-5-3/h2-3H2,1H3. The molecular weight excluding hydrogens is 143 g/mol. The van der Waals surface area contributed by atoms with Crippen molar-refractivity contribution in [3.8, 4) is 0 Å². The van der Waals surface area contributed by atoms with E-state index >= 15 is 0 Å². The maximum absolute atomic E-state index is 2.12. The molecule has 0 aliphatic carbocycles. The quantitative estimate of drug-likeness (QED) is 0.353. The van der Waals surface area contributed by atoms with Crippen LogP contribution in [0.4, 0.5) is 0 Å². The molecule has 0 fully saturated rings. The molecule has 0 saturated heterocycles. The fraction of sp³-hybridized carbons (Fsp3) is 1.00. The Morgan fingerprint density at radius 2 is 1.23 bits per heavy atom. The van der Waals surface area contributed by atoms with Gasteiger partial charge in [-0.3, -0.25) is 0 Å². The van der Waals surface area contributed by atoms with Crippen LogP contribution >= 0.6 is 0 Å². The van der Waals surface area contributed by atoms with Crippen molar-refractivity contribution in [2.45, 2.75) is 13.2 Å². The molecule has 0 aromatic rings. The van der Waals surface area contributed by atoms with Gasteiger partial charge in [-0.1, -0.05) is 0 Å². The van der Waals surface area contributed by atoms with Crippen LogP contribution in [0.15, 0.2) is 0 Å². The van der Waals surface area contributed by atoms with Gasteiger partial charge in [-0.15, -0.1) is 0 Å². The van der Waals surface area contributed by atoms with E-state index in [0.717, 1.165) is 6.32 Å². The molecule has 0 atom stereocenters. The van der Waals surface area contributed by atoms with E-state index in [9.17, 15) is 0 Å². The van der Waals surface area contributed by atoms with Gasteiger partial charge in [0, 0.05) is 0 Å². The average molecular weight is 150 g/mol. The van der Waals surface area contributed by atoms with Crippen LogP contribution in [0.2, 0.25) is 6.32 Å². The molecule has 0 aromatic heterocycles. The van der Waals surface area contributed by atoms with Crippen molar-refractivity contribution in [3.05, 3.63) is 0 Å². The van der Waals surface area contributed by atoms with Gasteiger partial charge in [-0.05, 0) is 0 Å². The van der Waals surface area contributed by atoms with Gasteiger partial charge in [0.05, 0.1) is 0 Å². The Balaban J connectivity index is 3.62. The molecule has 0 aliphatic heterocycles. The van der Waals surface area contributed by atoms with Crippen LogP contribution in [0, 0.1) is 0 Å². The van der Waals surface area contributed by atoms with Crippen LogP contribution in [0.3, 0.4) is 0 Å². The molecule has 0 saturated carbocycles. The third-order valence-corrected chi connectivity index (χ3v) is 1.34. The first kappa shape index (κ1) is 13.7. The molecule has 0 N–H and O–H groups in total. The molecule has 0 bridgehead atoms. The molecule has 0 rings (SSSR count). The molecule has 0 aliphatic rings. The summed E-state index contributed by atoms with van der Waals surface area (Å²) in [5.74, 6) is 0. The van der Waals surface area contributed by atoms with Crippen LogP contribution in [0.25, 0.3) is 0 Å². The fourth-order valence-corrected chi connectivity index (χ4v) is 0.711. The van der Waals surface area contributed by atoms with Crippen LogP contribution in [-0.4, -0.2) is 74.8 Å².